The Morgan fingerprint density at radius 3 is 2.31 bits per heavy atom. The first-order valence-corrected chi connectivity index (χ1v) is 4.55. The second-order valence-electron chi connectivity index (χ2n) is 3.27. The molecule has 1 rings (SSSR count). The molecule has 5 N–H and O–H groups in total. The highest BCUT2D eigenvalue weighted by Gasteiger charge is 2.18. The van der Waals surface area contributed by atoms with E-state index in [4.69, 9.17) is 15.9 Å². The van der Waals surface area contributed by atoms with E-state index in [0.29, 0.717) is 5.56 Å². The Labute approximate surface area is 91.7 Å². The highest BCUT2D eigenvalue weighted by atomic mass is 16.4. The second kappa shape index (κ2) is 5.01. The number of benzene rings is 1. The zero-order chi connectivity index (χ0) is 12.1. The molecule has 0 spiro atoms. The molecule has 6 nitrogen and oxygen atoms in total. The maximum atomic E-state index is 10.8. The van der Waals surface area contributed by atoms with Crippen molar-refractivity contribution in [3.05, 3.63) is 29.8 Å². The van der Waals surface area contributed by atoms with E-state index in [0.717, 1.165) is 0 Å². The SMILES string of the molecule is NC(=O)N[C@@H](Cc1ccc(O)cc1)C(=O)O. The summed E-state index contributed by atoms with van der Waals surface area (Å²) in [5.41, 5.74) is 5.54. The Morgan fingerprint density at radius 2 is 1.88 bits per heavy atom. The van der Waals surface area contributed by atoms with Crippen LogP contribution in [0.1, 0.15) is 5.56 Å². The number of nitrogens with two attached hydrogens (primary N) is 1. The maximum absolute atomic E-state index is 10.8. The largest absolute Gasteiger partial charge is 0.508 e. The maximum Gasteiger partial charge on any atom is 0.326 e. The van der Waals surface area contributed by atoms with E-state index in [9.17, 15) is 9.59 Å². The van der Waals surface area contributed by atoms with Gasteiger partial charge in [0, 0.05) is 6.42 Å². The van der Waals surface area contributed by atoms with Crippen LogP contribution in [0, 0.1) is 0 Å². The van der Waals surface area contributed by atoms with Gasteiger partial charge in [-0.25, -0.2) is 9.59 Å². The smallest absolute Gasteiger partial charge is 0.326 e. The number of aliphatic carboxylic acids is 1. The lowest BCUT2D eigenvalue weighted by atomic mass is 10.1. The third-order valence-corrected chi connectivity index (χ3v) is 1.99. The van der Waals surface area contributed by atoms with Crippen LogP contribution in [0.3, 0.4) is 0 Å². The number of urea groups is 1. The van der Waals surface area contributed by atoms with Gasteiger partial charge in [-0.2, -0.15) is 0 Å². The van der Waals surface area contributed by atoms with E-state index < -0.39 is 18.0 Å². The van der Waals surface area contributed by atoms with Crippen molar-refractivity contribution in [3.8, 4) is 5.75 Å². The molecule has 0 unspecified atom stereocenters. The molecule has 0 heterocycles. The molecule has 0 aliphatic rings. The summed E-state index contributed by atoms with van der Waals surface area (Å²) in [5.74, 6) is -1.06. The topological polar surface area (TPSA) is 113 Å². The first-order chi connectivity index (χ1) is 7.49. The minimum atomic E-state index is -1.16. The van der Waals surface area contributed by atoms with Crippen molar-refractivity contribution < 1.29 is 19.8 Å². The summed E-state index contributed by atoms with van der Waals surface area (Å²) < 4.78 is 0. The van der Waals surface area contributed by atoms with E-state index in [1.54, 1.807) is 12.1 Å². The van der Waals surface area contributed by atoms with Crippen LogP contribution >= 0.6 is 0 Å². The first-order valence-electron chi connectivity index (χ1n) is 4.55. The molecule has 0 aliphatic carbocycles. The first kappa shape index (κ1) is 11.8. The summed E-state index contributed by atoms with van der Waals surface area (Å²) in [4.78, 5) is 21.4. The molecule has 0 bridgehead atoms. The molecule has 1 aromatic rings. The van der Waals surface area contributed by atoms with Crippen molar-refractivity contribution in [2.45, 2.75) is 12.5 Å². The van der Waals surface area contributed by atoms with Gasteiger partial charge in [0.1, 0.15) is 11.8 Å². The Hall–Kier alpha value is -2.24. The van der Waals surface area contributed by atoms with Crippen LogP contribution in [-0.2, 0) is 11.2 Å². The van der Waals surface area contributed by atoms with E-state index in [1.807, 2.05) is 0 Å². The van der Waals surface area contributed by atoms with Gasteiger partial charge in [-0.3, -0.25) is 0 Å². The highest BCUT2D eigenvalue weighted by Crippen LogP contribution is 2.11. The number of amides is 2. The standard InChI is InChI=1S/C10H12N2O4/c11-10(16)12-8(9(14)15)5-6-1-3-7(13)4-2-6/h1-4,8,13H,5H2,(H,14,15)(H3,11,12,16)/t8-/m0/s1. The van der Waals surface area contributed by atoms with E-state index in [1.165, 1.54) is 12.1 Å². The number of primary amides is 1. The molecule has 6 heteroatoms. The molecule has 1 atom stereocenters. The summed E-state index contributed by atoms with van der Waals surface area (Å²) in [6, 6.07) is 4.09. The summed E-state index contributed by atoms with van der Waals surface area (Å²) in [6.45, 7) is 0. The minimum Gasteiger partial charge on any atom is -0.508 e. The zero-order valence-electron chi connectivity index (χ0n) is 8.38. The monoisotopic (exact) mass is 224 g/mol. The quantitative estimate of drug-likeness (QED) is 0.579. The number of nitrogens with one attached hydrogen (secondary N) is 1. The predicted octanol–water partition coefficient (Wildman–Crippen LogP) is 0.0562. The van der Waals surface area contributed by atoms with Gasteiger partial charge in [0.25, 0.3) is 0 Å². The fourth-order valence-electron chi connectivity index (χ4n) is 1.24. The molecular weight excluding hydrogens is 212 g/mol. The van der Waals surface area contributed by atoms with Crippen molar-refractivity contribution in [3.63, 3.8) is 0 Å². The van der Waals surface area contributed by atoms with E-state index in [2.05, 4.69) is 5.32 Å². The van der Waals surface area contributed by atoms with Gasteiger partial charge in [0.2, 0.25) is 0 Å². The highest BCUT2D eigenvalue weighted by molar-refractivity contribution is 5.81. The molecule has 0 aromatic heterocycles. The molecule has 0 aliphatic heterocycles. The average Bonchev–Trinajstić information content (AvgIpc) is 2.19. The number of hydrogen-bond acceptors (Lipinski definition) is 3. The van der Waals surface area contributed by atoms with Crippen LogP contribution in [0.4, 0.5) is 4.79 Å². The number of rotatable bonds is 4. The van der Waals surface area contributed by atoms with E-state index >= 15 is 0 Å². The van der Waals surface area contributed by atoms with Crippen LogP contribution in [0.25, 0.3) is 0 Å². The van der Waals surface area contributed by atoms with Gasteiger partial charge in [-0.15, -0.1) is 0 Å². The van der Waals surface area contributed by atoms with Crippen LogP contribution < -0.4 is 11.1 Å². The normalized spacial score (nSPS) is 11.8. The molecule has 0 saturated carbocycles. The van der Waals surface area contributed by atoms with Crippen LogP contribution in [-0.4, -0.2) is 28.3 Å². The van der Waals surface area contributed by atoms with Crippen molar-refractivity contribution in [1.82, 2.24) is 5.32 Å². The van der Waals surface area contributed by atoms with Gasteiger partial charge in [-0.05, 0) is 17.7 Å². The van der Waals surface area contributed by atoms with Gasteiger partial charge >= 0.3 is 12.0 Å². The lowest BCUT2D eigenvalue weighted by Crippen LogP contribution is -2.44. The average molecular weight is 224 g/mol. The van der Waals surface area contributed by atoms with Crippen LogP contribution in [0.15, 0.2) is 24.3 Å². The summed E-state index contributed by atoms with van der Waals surface area (Å²) in [6.07, 6.45) is 0.110. The van der Waals surface area contributed by atoms with Crippen molar-refractivity contribution in [2.24, 2.45) is 5.73 Å². The molecule has 2 amide bonds. The third-order valence-electron chi connectivity index (χ3n) is 1.99. The number of phenolic OH excluding ortho intramolecular Hbond substituents is 1. The predicted molar refractivity (Wildman–Crippen MR) is 56.0 cm³/mol. The molecule has 1 aromatic carbocycles. The molecule has 0 saturated heterocycles. The van der Waals surface area contributed by atoms with E-state index in [-0.39, 0.29) is 12.2 Å². The molecule has 16 heavy (non-hydrogen) atoms. The number of carbonyl (C=O) groups excluding carboxylic acids is 1. The minimum absolute atomic E-state index is 0.0958. The lowest BCUT2D eigenvalue weighted by molar-refractivity contribution is -0.139. The van der Waals surface area contributed by atoms with Crippen molar-refractivity contribution >= 4 is 12.0 Å². The Balaban J connectivity index is 2.71. The summed E-state index contributed by atoms with van der Waals surface area (Å²) in [7, 11) is 0. The number of aromatic hydroxyl groups is 1. The molecular formula is C10H12N2O4. The van der Waals surface area contributed by atoms with Crippen LogP contribution in [0.2, 0.25) is 0 Å². The van der Waals surface area contributed by atoms with Gasteiger partial charge in [-0.1, -0.05) is 12.1 Å². The Kier molecular flexibility index (Phi) is 3.71. The van der Waals surface area contributed by atoms with Gasteiger partial charge in [0.15, 0.2) is 0 Å². The molecule has 86 valence electrons. The van der Waals surface area contributed by atoms with Crippen molar-refractivity contribution in [1.29, 1.82) is 0 Å². The van der Waals surface area contributed by atoms with Gasteiger partial charge < -0.3 is 21.3 Å². The second-order valence-corrected chi connectivity index (χ2v) is 3.27. The number of hydrogen-bond donors (Lipinski definition) is 4. The van der Waals surface area contributed by atoms with Crippen LogP contribution in [0.5, 0.6) is 5.75 Å². The third kappa shape index (κ3) is 3.49. The number of carboxylic acids is 1. The number of carboxylic acid groups (broad SMARTS) is 1. The Bertz CT molecular complexity index is 388. The fraction of sp³-hybridized carbons (Fsp3) is 0.200. The lowest BCUT2D eigenvalue weighted by Gasteiger charge is -2.12. The summed E-state index contributed by atoms with van der Waals surface area (Å²) >= 11 is 0. The Morgan fingerprint density at radius 1 is 1.31 bits per heavy atom. The molecule has 0 fully saturated rings. The summed E-state index contributed by atoms with van der Waals surface area (Å²) in [5, 5.41) is 20.0. The number of carbonyl (C=O) groups is 2. The fourth-order valence-corrected chi connectivity index (χ4v) is 1.24. The molecule has 0 radical (unpaired) electrons. The van der Waals surface area contributed by atoms with Gasteiger partial charge in [0.05, 0.1) is 0 Å². The zero-order valence-corrected chi connectivity index (χ0v) is 8.38. The van der Waals surface area contributed by atoms with Crippen molar-refractivity contribution in [2.75, 3.05) is 0 Å². The number of phenols is 1.